The second-order valence-corrected chi connectivity index (χ2v) is 5.16. The van der Waals surface area contributed by atoms with Crippen LogP contribution in [0.25, 0.3) is 0 Å². The number of alkyl halides is 4. The minimum atomic E-state index is -4.64. The summed E-state index contributed by atoms with van der Waals surface area (Å²) in [5, 5.41) is -1.54. The van der Waals surface area contributed by atoms with Gasteiger partial charge in [0.2, 0.25) is 0 Å². The highest BCUT2D eigenvalue weighted by molar-refractivity contribution is 8.01. The van der Waals surface area contributed by atoms with Crippen LogP contribution in [-0.2, 0) is 0 Å². The zero-order valence-corrected chi connectivity index (χ0v) is 10.9. The SMILES string of the molecule is O=C(c1ccc(F)cc1F)C(CCCl)SC(F)(F)F. The van der Waals surface area contributed by atoms with Crippen LogP contribution in [0.2, 0.25) is 0 Å². The molecule has 0 spiro atoms. The monoisotopic (exact) mass is 318 g/mol. The van der Waals surface area contributed by atoms with Gasteiger partial charge in [-0.2, -0.15) is 13.2 Å². The van der Waals surface area contributed by atoms with Crippen molar-refractivity contribution >= 4 is 29.1 Å². The van der Waals surface area contributed by atoms with E-state index in [-0.39, 0.29) is 12.3 Å². The molecule has 0 radical (unpaired) electrons. The molecule has 0 fully saturated rings. The lowest BCUT2D eigenvalue weighted by Gasteiger charge is -2.16. The Morgan fingerprint density at radius 1 is 1.32 bits per heavy atom. The number of hydrogen-bond donors (Lipinski definition) is 0. The van der Waals surface area contributed by atoms with Gasteiger partial charge in [0.25, 0.3) is 0 Å². The van der Waals surface area contributed by atoms with Crippen molar-refractivity contribution in [3.05, 3.63) is 35.4 Å². The fourth-order valence-electron chi connectivity index (χ4n) is 1.37. The van der Waals surface area contributed by atoms with E-state index >= 15 is 0 Å². The van der Waals surface area contributed by atoms with Gasteiger partial charge in [-0.25, -0.2) is 8.78 Å². The molecular weight excluding hydrogens is 311 g/mol. The van der Waals surface area contributed by atoms with Crippen LogP contribution in [0.1, 0.15) is 16.8 Å². The molecule has 19 heavy (non-hydrogen) atoms. The van der Waals surface area contributed by atoms with Crippen molar-refractivity contribution < 1.29 is 26.7 Å². The van der Waals surface area contributed by atoms with E-state index in [0.29, 0.717) is 6.07 Å². The number of ketones is 1. The largest absolute Gasteiger partial charge is 0.442 e. The summed E-state index contributed by atoms with van der Waals surface area (Å²) in [5.74, 6) is -3.33. The van der Waals surface area contributed by atoms with Crippen LogP contribution in [0.4, 0.5) is 22.0 Å². The Morgan fingerprint density at radius 2 is 1.95 bits per heavy atom. The van der Waals surface area contributed by atoms with E-state index in [1.165, 1.54) is 0 Å². The molecule has 1 aromatic carbocycles. The Kier molecular flexibility index (Phi) is 5.61. The van der Waals surface area contributed by atoms with Gasteiger partial charge in [0.15, 0.2) is 5.78 Å². The Hall–Kier alpha value is -0.820. The molecule has 1 nitrogen and oxygen atoms in total. The second-order valence-electron chi connectivity index (χ2n) is 3.52. The van der Waals surface area contributed by atoms with Gasteiger partial charge in [-0.15, -0.1) is 11.6 Å². The maximum atomic E-state index is 13.4. The summed E-state index contributed by atoms with van der Waals surface area (Å²) in [7, 11) is 0. The third kappa shape index (κ3) is 4.99. The van der Waals surface area contributed by atoms with Crippen molar-refractivity contribution in [2.24, 2.45) is 0 Å². The normalized spacial score (nSPS) is 13.4. The molecule has 0 saturated heterocycles. The summed E-state index contributed by atoms with van der Waals surface area (Å²) in [6.45, 7) is 0. The van der Waals surface area contributed by atoms with Crippen LogP contribution in [0, 0.1) is 11.6 Å². The minimum Gasteiger partial charge on any atom is -0.293 e. The first-order valence-corrected chi connectivity index (χ1v) is 6.46. The van der Waals surface area contributed by atoms with Gasteiger partial charge in [-0.05, 0) is 30.3 Å². The molecule has 1 rings (SSSR count). The second kappa shape index (κ2) is 6.56. The van der Waals surface area contributed by atoms with E-state index in [0.717, 1.165) is 12.1 Å². The van der Waals surface area contributed by atoms with Gasteiger partial charge in [-0.1, -0.05) is 0 Å². The minimum absolute atomic E-state index is 0.178. The van der Waals surface area contributed by atoms with E-state index in [2.05, 4.69) is 0 Å². The predicted octanol–water partition coefficient (Wildman–Crippen LogP) is 4.40. The van der Waals surface area contributed by atoms with Gasteiger partial charge in [0, 0.05) is 11.9 Å². The van der Waals surface area contributed by atoms with Crippen LogP contribution in [0.5, 0.6) is 0 Å². The Morgan fingerprint density at radius 3 is 2.42 bits per heavy atom. The Balaban J connectivity index is 2.99. The number of halogens is 6. The van der Waals surface area contributed by atoms with Crippen molar-refractivity contribution in [1.29, 1.82) is 0 Å². The number of benzene rings is 1. The molecule has 0 N–H and O–H groups in total. The number of carbonyl (C=O) groups excluding carboxylic acids is 1. The van der Waals surface area contributed by atoms with E-state index < -0.39 is 45.5 Å². The highest BCUT2D eigenvalue weighted by Gasteiger charge is 2.37. The molecule has 0 aliphatic heterocycles. The van der Waals surface area contributed by atoms with E-state index in [4.69, 9.17) is 11.6 Å². The molecule has 0 aromatic heterocycles. The third-order valence-electron chi connectivity index (χ3n) is 2.14. The maximum Gasteiger partial charge on any atom is 0.442 e. The molecule has 1 atom stereocenters. The smallest absolute Gasteiger partial charge is 0.293 e. The van der Waals surface area contributed by atoms with Crippen LogP contribution in [0.3, 0.4) is 0 Å². The van der Waals surface area contributed by atoms with E-state index in [9.17, 15) is 26.7 Å². The van der Waals surface area contributed by atoms with Crippen molar-refractivity contribution in [1.82, 2.24) is 0 Å². The molecule has 0 aliphatic carbocycles. The Labute approximate surface area is 115 Å². The zero-order chi connectivity index (χ0) is 14.6. The molecule has 1 aromatic rings. The molecular formula is C11H8ClF5OS. The fourth-order valence-corrected chi connectivity index (χ4v) is 2.51. The lowest BCUT2D eigenvalue weighted by atomic mass is 10.1. The summed E-state index contributed by atoms with van der Waals surface area (Å²) in [6, 6.07) is 2.08. The zero-order valence-electron chi connectivity index (χ0n) is 9.31. The fraction of sp³-hybridized carbons (Fsp3) is 0.364. The van der Waals surface area contributed by atoms with Gasteiger partial charge < -0.3 is 0 Å². The van der Waals surface area contributed by atoms with Gasteiger partial charge in [0.1, 0.15) is 11.6 Å². The molecule has 0 bridgehead atoms. The van der Waals surface area contributed by atoms with Crippen molar-refractivity contribution in [2.75, 3.05) is 5.88 Å². The van der Waals surface area contributed by atoms with Crippen LogP contribution in [-0.4, -0.2) is 22.4 Å². The number of hydrogen-bond acceptors (Lipinski definition) is 2. The summed E-state index contributed by atoms with van der Waals surface area (Å²) in [6.07, 6.45) is -0.263. The lowest BCUT2D eigenvalue weighted by Crippen LogP contribution is -2.23. The van der Waals surface area contributed by atoms with Crippen LogP contribution < -0.4 is 0 Å². The summed E-state index contributed by atoms with van der Waals surface area (Å²) in [5.41, 5.74) is -5.21. The predicted molar refractivity (Wildman–Crippen MR) is 63.5 cm³/mol. The number of Topliss-reactive ketones (excluding diaryl/α,β-unsaturated/α-hetero) is 1. The topological polar surface area (TPSA) is 17.1 Å². The van der Waals surface area contributed by atoms with Crippen LogP contribution >= 0.6 is 23.4 Å². The van der Waals surface area contributed by atoms with Crippen molar-refractivity contribution in [3.63, 3.8) is 0 Å². The average molecular weight is 319 g/mol. The third-order valence-corrected chi connectivity index (χ3v) is 3.36. The number of thioether (sulfide) groups is 1. The molecule has 8 heteroatoms. The summed E-state index contributed by atoms with van der Waals surface area (Å²) < 4.78 is 62.9. The molecule has 0 aliphatic rings. The first kappa shape index (κ1) is 16.2. The van der Waals surface area contributed by atoms with Gasteiger partial charge in [-0.3, -0.25) is 4.79 Å². The number of carbonyl (C=O) groups is 1. The average Bonchev–Trinajstić information content (AvgIpc) is 2.26. The molecule has 0 amide bonds. The van der Waals surface area contributed by atoms with Gasteiger partial charge in [0.05, 0.1) is 10.8 Å². The highest BCUT2D eigenvalue weighted by atomic mass is 35.5. The maximum absolute atomic E-state index is 13.4. The van der Waals surface area contributed by atoms with Crippen LogP contribution in [0.15, 0.2) is 18.2 Å². The van der Waals surface area contributed by atoms with Gasteiger partial charge >= 0.3 is 5.51 Å². The number of rotatable bonds is 5. The molecule has 106 valence electrons. The van der Waals surface area contributed by atoms with E-state index in [1.54, 1.807) is 0 Å². The molecule has 0 heterocycles. The van der Waals surface area contributed by atoms with Crippen molar-refractivity contribution in [3.8, 4) is 0 Å². The van der Waals surface area contributed by atoms with E-state index in [1.807, 2.05) is 0 Å². The molecule has 0 saturated carbocycles. The van der Waals surface area contributed by atoms with Crippen molar-refractivity contribution in [2.45, 2.75) is 17.2 Å². The molecule has 1 unspecified atom stereocenters. The Bertz CT molecular complexity index is 463. The first-order valence-electron chi connectivity index (χ1n) is 5.04. The first-order chi connectivity index (χ1) is 8.74. The quantitative estimate of drug-likeness (QED) is 0.455. The summed E-state index contributed by atoms with van der Waals surface area (Å²) >= 11 is 4.78. The highest BCUT2D eigenvalue weighted by Crippen LogP contribution is 2.37. The standard InChI is InChI=1S/C11H8ClF5OS/c12-4-3-9(19-11(15,16)17)10(18)7-2-1-6(13)5-8(7)14/h1-2,5,9H,3-4H2. The summed E-state index contributed by atoms with van der Waals surface area (Å²) in [4.78, 5) is 11.8. The lowest BCUT2D eigenvalue weighted by molar-refractivity contribution is -0.0333.